The number of benzene rings is 1. The average Bonchev–Trinajstić information content (AvgIpc) is 3.16. The van der Waals surface area contributed by atoms with Crippen molar-refractivity contribution in [2.45, 2.75) is 31.7 Å². The summed E-state index contributed by atoms with van der Waals surface area (Å²) in [6, 6.07) is 8.73. The molecule has 2 aromatic rings. The van der Waals surface area contributed by atoms with E-state index in [1.807, 2.05) is 18.2 Å². The van der Waals surface area contributed by atoms with Gasteiger partial charge in [0.1, 0.15) is 0 Å². The first-order valence-electron chi connectivity index (χ1n) is 9.03. The van der Waals surface area contributed by atoms with Crippen LogP contribution in [0.2, 0.25) is 0 Å². The van der Waals surface area contributed by atoms with Gasteiger partial charge in [-0.1, -0.05) is 25.0 Å². The van der Waals surface area contributed by atoms with Crippen molar-refractivity contribution in [2.24, 2.45) is 0 Å². The Hall–Kier alpha value is -2.41. The number of rotatable bonds is 5. The molecule has 0 atom stereocenters. The van der Waals surface area contributed by atoms with E-state index >= 15 is 0 Å². The Bertz CT molecular complexity index is 697. The van der Waals surface area contributed by atoms with Gasteiger partial charge in [-0.25, -0.2) is 0 Å². The van der Waals surface area contributed by atoms with Crippen LogP contribution in [0.1, 0.15) is 25.7 Å². The van der Waals surface area contributed by atoms with Gasteiger partial charge < -0.3 is 20.3 Å². The molecular weight excluding hydrogens is 316 g/mol. The fraction of sp³-hybridized carbons (Fsp3) is 0.500. The molecule has 2 heterocycles. The monoisotopic (exact) mass is 340 g/mol. The summed E-state index contributed by atoms with van der Waals surface area (Å²) in [6.45, 7) is 3.29. The van der Waals surface area contributed by atoms with Crippen molar-refractivity contribution in [3.63, 3.8) is 0 Å². The predicted molar refractivity (Wildman–Crippen MR) is 98.5 cm³/mol. The normalized spacial score (nSPS) is 18.3. The highest BCUT2D eigenvalue weighted by Gasteiger charge is 2.17. The van der Waals surface area contributed by atoms with Gasteiger partial charge in [-0.05, 0) is 25.0 Å². The van der Waals surface area contributed by atoms with E-state index in [2.05, 4.69) is 36.8 Å². The van der Waals surface area contributed by atoms with Crippen LogP contribution in [-0.4, -0.2) is 47.5 Å². The van der Waals surface area contributed by atoms with Gasteiger partial charge in [0, 0.05) is 19.1 Å². The van der Waals surface area contributed by atoms with Crippen LogP contribution in [0.3, 0.4) is 0 Å². The molecule has 2 aliphatic rings. The molecule has 0 spiro atoms. The third kappa shape index (κ3) is 3.99. The van der Waals surface area contributed by atoms with Gasteiger partial charge in [0.25, 0.3) is 0 Å². The fourth-order valence-electron chi connectivity index (χ4n) is 3.49. The highest BCUT2D eigenvalue weighted by atomic mass is 16.5. The van der Waals surface area contributed by atoms with E-state index in [0.717, 1.165) is 43.5 Å². The second-order valence-corrected chi connectivity index (χ2v) is 6.53. The third-order valence-electron chi connectivity index (χ3n) is 4.77. The molecule has 7 heteroatoms. The van der Waals surface area contributed by atoms with E-state index in [4.69, 9.17) is 4.74 Å². The molecule has 2 fully saturated rings. The van der Waals surface area contributed by atoms with E-state index in [-0.39, 0.29) is 0 Å². The van der Waals surface area contributed by atoms with Crippen molar-refractivity contribution < 1.29 is 4.74 Å². The number of ether oxygens (including phenoxy) is 1. The zero-order valence-electron chi connectivity index (χ0n) is 14.3. The first kappa shape index (κ1) is 16.1. The van der Waals surface area contributed by atoms with Crippen LogP contribution in [0.15, 0.2) is 30.5 Å². The lowest BCUT2D eigenvalue weighted by molar-refractivity contribution is 0.123. The number of nitrogens with zero attached hydrogens (tertiary/aromatic N) is 4. The average molecular weight is 340 g/mol. The van der Waals surface area contributed by atoms with Crippen LogP contribution in [0.5, 0.6) is 0 Å². The Morgan fingerprint density at radius 1 is 1.08 bits per heavy atom. The predicted octanol–water partition coefficient (Wildman–Crippen LogP) is 2.81. The molecule has 1 saturated carbocycles. The SMILES string of the molecule is c1ccc(N2CCOCC2)c(Nc2nncc(NC3CCCC3)n2)c1. The lowest BCUT2D eigenvalue weighted by Crippen LogP contribution is -2.36. The summed E-state index contributed by atoms with van der Waals surface area (Å²) >= 11 is 0. The van der Waals surface area contributed by atoms with Crippen molar-refractivity contribution in [1.29, 1.82) is 0 Å². The Balaban J connectivity index is 1.50. The van der Waals surface area contributed by atoms with E-state index in [0.29, 0.717) is 12.0 Å². The molecule has 25 heavy (non-hydrogen) atoms. The third-order valence-corrected chi connectivity index (χ3v) is 4.77. The molecule has 0 bridgehead atoms. The molecule has 1 saturated heterocycles. The summed E-state index contributed by atoms with van der Waals surface area (Å²) in [7, 11) is 0. The Kier molecular flexibility index (Phi) is 4.92. The fourth-order valence-corrected chi connectivity index (χ4v) is 3.49. The molecule has 4 rings (SSSR count). The molecule has 0 amide bonds. The second kappa shape index (κ2) is 7.65. The van der Waals surface area contributed by atoms with E-state index in [1.54, 1.807) is 6.20 Å². The van der Waals surface area contributed by atoms with Crippen molar-refractivity contribution in [1.82, 2.24) is 15.2 Å². The van der Waals surface area contributed by atoms with Gasteiger partial charge in [0.15, 0.2) is 5.82 Å². The van der Waals surface area contributed by atoms with Crippen molar-refractivity contribution in [3.05, 3.63) is 30.5 Å². The lowest BCUT2D eigenvalue weighted by Gasteiger charge is -2.30. The zero-order valence-corrected chi connectivity index (χ0v) is 14.3. The first-order valence-corrected chi connectivity index (χ1v) is 9.03. The summed E-state index contributed by atoms with van der Waals surface area (Å²) in [6.07, 6.45) is 6.67. The maximum atomic E-state index is 5.45. The topological polar surface area (TPSA) is 75.2 Å². The minimum atomic E-state index is 0.505. The standard InChI is InChI=1S/C18H24N6O/c1-2-6-14(5-1)20-17-13-19-23-18(22-17)21-15-7-3-4-8-16(15)24-9-11-25-12-10-24/h3-4,7-8,13-14H,1-2,5-6,9-12H2,(H2,20,21,22,23). The number of hydrogen-bond acceptors (Lipinski definition) is 7. The molecule has 1 aromatic heterocycles. The maximum Gasteiger partial charge on any atom is 0.249 e. The second-order valence-electron chi connectivity index (χ2n) is 6.53. The molecule has 1 aromatic carbocycles. The number of hydrogen-bond donors (Lipinski definition) is 2. The minimum absolute atomic E-state index is 0.505. The van der Waals surface area contributed by atoms with Crippen LogP contribution in [0.25, 0.3) is 0 Å². The highest BCUT2D eigenvalue weighted by Crippen LogP contribution is 2.28. The Morgan fingerprint density at radius 3 is 2.72 bits per heavy atom. The van der Waals surface area contributed by atoms with E-state index in [9.17, 15) is 0 Å². The van der Waals surface area contributed by atoms with Crippen LogP contribution >= 0.6 is 0 Å². The molecule has 0 radical (unpaired) electrons. The smallest absolute Gasteiger partial charge is 0.249 e. The van der Waals surface area contributed by atoms with Crippen LogP contribution < -0.4 is 15.5 Å². The molecule has 7 nitrogen and oxygen atoms in total. The molecule has 1 aliphatic heterocycles. The number of nitrogens with one attached hydrogen (secondary N) is 2. The van der Waals surface area contributed by atoms with Gasteiger partial charge in [-0.2, -0.15) is 10.1 Å². The summed E-state index contributed by atoms with van der Waals surface area (Å²) in [5.41, 5.74) is 2.13. The largest absolute Gasteiger partial charge is 0.378 e. The maximum absolute atomic E-state index is 5.45. The van der Waals surface area contributed by atoms with Crippen LogP contribution in [0.4, 0.5) is 23.1 Å². The van der Waals surface area contributed by atoms with Gasteiger partial charge in [0.2, 0.25) is 5.95 Å². The van der Waals surface area contributed by atoms with Gasteiger partial charge >= 0.3 is 0 Å². The summed E-state index contributed by atoms with van der Waals surface area (Å²) < 4.78 is 5.45. The van der Waals surface area contributed by atoms with Gasteiger partial charge in [0.05, 0.1) is 30.8 Å². The van der Waals surface area contributed by atoms with Gasteiger partial charge in [-0.15, -0.1) is 5.10 Å². The quantitative estimate of drug-likeness (QED) is 0.867. The van der Waals surface area contributed by atoms with Crippen LogP contribution in [0, 0.1) is 0 Å². The highest BCUT2D eigenvalue weighted by molar-refractivity contribution is 5.73. The van der Waals surface area contributed by atoms with Crippen molar-refractivity contribution >= 4 is 23.1 Å². The number of morpholine rings is 1. The molecular formula is C18H24N6O. The van der Waals surface area contributed by atoms with Crippen molar-refractivity contribution in [2.75, 3.05) is 41.8 Å². The number of anilines is 4. The minimum Gasteiger partial charge on any atom is -0.378 e. The molecule has 0 unspecified atom stereocenters. The molecule has 1 aliphatic carbocycles. The number of aromatic nitrogens is 3. The summed E-state index contributed by atoms with van der Waals surface area (Å²) in [5, 5.41) is 15.0. The summed E-state index contributed by atoms with van der Waals surface area (Å²) in [5.74, 6) is 1.30. The number of para-hydroxylation sites is 2. The van der Waals surface area contributed by atoms with Gasteiger partial charge in [-0.3, -0.25) is 0 Å². The first-order chi connectivity index (χ1) is 12.4. The Labute approximate surface area is 147 Å². The zero-order chi connectivity index (χ0) is 16.9. The van der Waals surface area contributed by atoms with E-state index in [1.165, 1.54) is 25.7 Å². The van der Waals surface area contributed by atoms with Crippen LogP contribution in [-0.2, 0) is 4.74 Å². The van der Waals surface area contributed by atoms with Crippen molar-refractivity contribution in [3.8, 4) is 0 Å². The van der Waals surface area contributed by atoms with E-state index < -0.39 is 0 Å². The molecule has 2 N–H and O–H groups in total. The summed E-state index contributed by atoms with van der Waals surface area (Å²) in [4.78, 5) is 6.90. The lowest BCUT2D eigenvalue weighted by atomic mass is 10.2. The molecule has 132 valence electrons. The Morgan fingerprint density at radius 2 is 1.88 bits per heavy atom.